The van der Waals surface area contributed by atoms with Crippen molar-refractivity contribution in [1.29, 1.82) is 0 Å². The maximum absolute atomic E-state index is 12.1. The highest BCUT2D eigenvalue weighted by atomic mass is 16.2. The molecule has 5 nitrogen and oxygen atoms in total. The summed E-state index contributed by atoms with van der Waals surface area (Å²) in [4.78, 5) is 16.4. The van der Waals surface area contributed by atoms with Crippen LogP contribution >= 0.6 is 0 Å². The predicted octanol–water partition coefficient (Wildman–Crippen LogP) is 0.330. The Bertz CT molecular complexity index is 318. The van der Waals surface area contributed by atoms with Crippen LogP contribution in [0.15, 0.2) is 0 Å². The van der Waals surface area contributed by atoms with Crippen LogP contribution in [0.4, 0.5) is 4.79 Å². The Morgan fingerprint density at radius 3 is 2.72 bits per heavy atom. The van der Waals surface area contributed by atoms with Crippen molar-refractivity contribution in [3.8, 4) is 0 Å². The Balaban J connectivity index is 1.98. The SMILES string of the molecule is CNCC(C)(C)N1CC(C2CCN(C)C2)NC1=O. The first-order valence-electron chi connectivity index (χ1n) is 6.85. The third-order valence-corrected chi connectivity index (χ3v) is 4.27. The third kappa shape index (κ3) is 2.62. The molecule has 0 aromatic rings. The molecule has 2 rings (SSSR count). The molecule has 18 heavy (non-hydrogen) atoms. The van der Waals surface area contributed by atoms with Gasteiger partial charge in [-0.1, -0.05) is 0 Å². The van der Waals surface area contributed by atoms with Gasteiger partial charge in [0.25, 0.3) is 0 Å². The third-order valence-electron chi connectivity index (χ3n) is 4.27. The number of carbonyl (C=O) groups is 1. The lowest BCUT2D eigenvalue weighted by atomic mass is 9.98. The zero-order valence-corrected chi connectivity index (χ0v) is 12.0. The number of likely N-dealkylation sites (N-methyl/N-ethyl adjacent to an activating group) is 1. The Morgan fingerprint density at radius 1 is 1.44 bits per heavy atom. The Hall–Kier alpha value is -0.810. The van der Waals surface area contributed by atoms with Gasteiger partial charge in [0.2, 0.25) is 0 Å². The summed E-state index contributed by atoms with van der Waals surface area (Å²) in [5.41, 5.74) is -0.127. The second-order valence-electron chi connectivity index (χ2n) is 6.32. The molecular weight excluding hydrogens is 228 g/mol. The van der Waals surface area contributed by atoms with Crippen LogP contribution in [0.1, 0.15) is 20.3 Å². The van der Waals surface area contributed by atoms with E-state index >= 15 is 0 Å². The maximum atomic E-state index is 12.1. The van der Waals surface area contributed by atoms with Crippen molar-refractivity contribution < 1.29 is 4.79 Å². The molecule has 2 aliphatic rings. The van der Waals surface area contributed by atoms with Gasteiger partial charge in [-0.15, -0.1) is 0 Å². The van der Waals surface area contributed by atoms with Gasteiger partial charge in [-0.2, -0.15) is 0 Å². The molecule has 0 radical (unpaired) electrons. The van der Waals surface area contributed by atoms with E-state index in [9.17, 15) is 4.79 Å². The first-order chi connectivity index (χ1) is 8.44. The van der Waals surface area contributed by atoms with E-state index in [1.54, 1.807) is 0 Å². The first-order valence-corrected chi connectivity index (χ1v) is 6.85. The standard InChI is InChI=1S/C13H26N4O/c1-13(2,9-14-3)17-8-11(15-12(17)18)10-5-6-16(4)7-10/h10-11,14H,5-9H2,1-4H3,(H,15,18). The lowest BCUT2D eigenvalue weighted by Gasteiger charge is -2.34. The number of amides is 2. The molecule has 2 N–H and O–H groups in total. The molecule has 0 bridgehead atoms. The minimum atomic E-state index is -0.127. The maximum Gasteiger partial charge on any atom is 0.318 e. The smallest absolute Gasteiger partial charge is 0.318 e. The summed E-state index contributed by atoms with van der Waals surface area (Å²) in [6.45, 7) is 8.14. The van der Waals surface area contributed by atoms with Crippen LogP contribution in [0.2, 0.25) is 0 Å². The summed E-state index contributed by atoms with van der Waals surface area (Å²) in [6.07, 6.45) is 1.20. The molecule has 104 valence electrons. The van der Waals surface area contributed by atoms with Crippen molar-refractivity contribution in [2.24, 2.45) is 5.92 Å². The molecule has 0 spiro atoms. The van der Waals surface area contributed by atoms with E-state index in [4.69, 9.17) is 0 Å². The van der Waals surface area contributed by atoms with E-state index in [0.29, 0.717) is 12.0 Å². The van der Waals surface area contributed by atoms with Crippen LogP contribution in [0.25, 0.3) is 0 Å². The van der Waals surface area contributed by atoms with Gasteiger partial charge in [0.05, 0.1) is 11.6 Å². The minimum Gasteiger partial charge on any atom is -0.333 e. The van der Waals surface area contributed by atoms with E-state index in [0.717, 1.165) is 26.2 Å². The van der Waals surface area contributed by atoms with E-state index in [1.165, 1.54) is 6.42 Å². The Kier molecular flexibility index (Phi) is 3.82. The van der Waals surface area contributed by atoms with Crippen LogP contribution in [0.3, 0.4) is 0 Å². The monoisotopic (exact) mass is 254 g/mol. The molecule has 0 aromatic carbocycles. The second-order valence-corrected chi connectivity index (χ2v) is 6.32. The normalized spacial score (nSPS) is 30.0. The number of likely N-dealkylation sites (tertiary alicyclic amines) is 1. The number of carbonyl (C=O) groups excluding carboxylic acids is 1. The van der Waals surface area contributed by atoms with Gasteiger partial charge in [0, 0.05) is 19.6 Å². The Morgan fingerprint density at radius 2 is 2.17 bits per heavy atom. The van der Waals surface area contributed by atoms with Crippen molar-refractivity contribution >= 4 is 6.03 Å². The van der Waals surface area contributed by atoms with Crippen LogP contribution in [0.5, 0.6) is 0 Å². The van der Waals surface area contributed by atoms with Crippen molar-refractivity contribution in [2.45, 2.75) is 31.8 Å². The van der Waals surface area contributed by atoms with Gasteiger partial charge in [0.1, 0.15) is 0 Å². The highest BCUT2D eigenvalue weighted by molar-refractivity contribution is 5.77. The van der Waals surface area contributed by atoms with Crippen LogP contribution in [-0.4, -0.2) is 67.7 Å². The molecule has 0 aromatic heterocycles. The molecule has 2 unspecified atom stereocenters. The zero-order valence-electron chi connectivity index (χ0n) is 12.0. The number of hydrogen-bond donors (Lipinski definition) is 2. The number of rotatable bonds is 4. The summed E-state index contributed by atoms with van der Waals surface area (Å²) in [5, 5.41) is 6.33. The number of urea groups is 1. The predicted molar refractivity (Wildman–Crippen MR) is 72.6 cm³/mol. The highest BCUT2D eigenvalue weighted by Gasteiger charge is 2.42. The van der Waals surface area contributed by atoms with Crippen LogP contribution < -0.4 is 10.6 Å². The molecule has 5 heteroatoms. The lowest BCUT2D eigenvalue weighted by molar-refractivity contribution is 0.156. The molecule has 2 fully saturated rings. The number of hydrogen-bond acceptors (Lipinski definition) is 3. The quantitative estimate of drug-likeness (QED) is 0.760. The molecule has 2 saturated heterocycles. The molecule has 2 heterocycles. The zero-order chi connectivity index (χ0) is 13.3. The van der Waals surface area contributed by atoms with Crippen molar-refractivity contribution in [1.82, 2.24) is 20.4 Å². The fourth-order valence-electron chi connectivity index (χ4n) is 3.18. The van der Waals surface area contributed by atoms with Crippen LogP contribution in [-0.2, 0) is 0 Å². The lowest BCUT2D eigenvalue weighted by Crippen LogP contribution is -2.51. The molecular formula is C13H26N4O. The summed E-state index contributed by atoms with van der Waals surface area (Å²) < 4.78 is 0. The minimum absolute atomic E-state index is 0.0924. The largest absolute Gasteiger partial charge is 0.333 e. The molecule has 0 aliphatic carbocycles. The van der Waals surface area contributed by atoms with Gasteiger partial charge in [-0.25, -0.2) is 4.79 Å². The van der Waals surface area contributed by atoms with E-state index in [-0.39, 0.29) is 11.6 Å². The van der Waals surface area contributed by atoms with Crippen molar-refractivity contribution in [3.63, 3.8) is 0 Å². The van der Waals surface area contributed by atoms with Gasteiger partial charge in [-0.3, -0.25) is 0 Å². The van der Waals surface area contributed by atoms with Crippen molar-refractivity contribution in [3.05, 3.63) is 0 Å². The topological polar surface area (TPSA) is 47.6 Å². The summed E-state index contributed by atoms with van der Waals surface area (Å²) >= 11 is 0. The molecule has 2 atom stereocenters. The summed E-state index contributed by atoms with van der Waals surface area (Å²) in [6, 6.07) is 0.411. The van der Waals surface area contributed by atoms with E-state index < -0.39 is 0 Å². The number of nitrogens with zero attached hydrogens (tertiary/aromatic N) is 2. The fourth-order valence-corrected chi connectivity index (χ4v) is 3.18. The molecule has 0 saturated carbocycles. The Labute approximate surface area is 110 Å². The average molecular weight is 254 g/mol. The number of nitrogens with one attached hydrogen (secondary N) is 2. The average Bonchev–Trinajstić information content (AvgIpc) is 2.84. The molecule has 2 aliphatic heterocycles. The van der Waals surface area contributed by atoms with Gasteiger partial charge in [0.15, 0.2) is 0 Å². The molecule has 2 amide bonds. The first kappa shape index (κ1) is 13.6. The fraction of sp³-hybridized carbons (Fsp3) is 0.923. The second kappa shape index (κ2) is 5.05. The van der Waals surface area contributed by atoms with Gasteiger partial charge < -0.3 is 20.4 Å². The van der Waals surface area contributed by atoms with Crippen molar-refractivity contribution in [2.75, 3.05) is 40.3 Å². The van der Waals surface area contributed by atoms with Crippen LogP contribution in [0, 0.1) is 5.92 Å². The van der Waals surface area contributed by atoms with E-state index in [2.05, 4.69) is 36.4 Å². The summed E-state index contributed by atoms with van der Waals surface area (Å²) in [5.74, 6) is 0.606. The highest BCUT2D eigenvalue weighted by Crippen LogP contribution is 2.26. The van der Waals surface area contributed by atoms with Gasteiger partial charge in [-0.05, 0) is 46.8 Å². The van der Waals surface area contributed by atoms with E-state index in [1.807, 2.05) is 11.9 Å². The summed E-state index contributed by atoms with van der Waals surface area (Å²) in [7, 11) is 4.08. The van der Waals surface area contributed by atoms with Gasteiger partial charge >= 0.3 is 6.03 Å².